The lowest BCUT2D eigenvalue weighted by Gasteiger charge is -2.36. The molecule has 0 aliphatic carbocycles. The molecule has 3 aromatic rings. The molecule has 1 aliphatic heterocycles. The van der Waals surface area contributed by atoms with Gasteiger partial charge in [-0.25, -0.2) is 0 Å². The second-order valence-corrected chi connectivity index (χ2v) is 7.69. The minimum atomic E-state index is 0.151. The van der Waals surface area contributed by atoms with E-state index in [1.807, 2.05) is 18.2 Å². The summed E-state index contributed by atoms with van der Waals surface area (Å²) in [6, 6.07) is 19.2. The highest BCUT2D eigenvalue weighted by Gasteiger charge is 2.25. The summed E-state index contributed by atoms with van der Waals surface area (Å²) in [5.74, 6) is 1.48. The number of rotatable bonds is 6. The Balaban J connectivity index is 1.31. The molecule has 1 aliphatic rings. The van der Waals surface area contributed by atoms with Crippen molar-refractivity contribution in [2.45, 2.75) is 32.9 Å². The fourth-order valence-corrected chi connectivity index (χ4v) is 3.82. The third-order valence-electron chi connectivity index (χ3n) is 5.49. The SMILES string of the molecule is Cc1cccc(CN2CCN(C(C)c3nc(Cc4ccccc4)no3)CC2)c1. The summed E-state index contributed by atoms with van der Waals surface area (Å²) in [5.41, 5.74) is 3.92. The minimum Gasteiger partial charge on any atom is -0.338 e. The lowest BCUT2D eigenvalue weighted by Crippen LogP contribution is -2.46. The van der Waals surface area contributed by atoms with Gasteiger partial charge in [-0.05, 0) is 25.0 Å². The van der Waals surface area contributed by atoms with Crippen molar-refractivity contribution in [1.82, 2.24) is 19.9 Å². The first-order chi connectivity index (χ1) is 13.7. The van der Waals surface area contributed by atoms with Crippen LogP contribution in [0.3, 0.4) is 0 Å². The maximum absolute atomic E-state index is 5.57. The Morgan fingerprint density at radius 1 is 0.964 bits per heavy atom. The van der Waals surface area contributed by atoms with Crippen molar-refractivity contribution in [1.29, 1.82) is 0 Å². The first kappa shape index (κ1) is 18.8. The van der Waals surface area contributed by atoms with Gasteiger partial charge in [0, 0.05) is 39.1 Å². The standard InChI is InChI=1S/C23H28N4O/c1-18-7-6-10-21(15-18)17-26-11-13-27(14-12-26)19(2)23-24-22(25-28-23)16-20-8-4-3-5-9-20/h3-10,15,19H,11-14,16-17H2,1-2H3. The van der Waals surface area contributed by atoms with Gasteiger partial charge in [0.15, 0.2) is 5.82 Å². The molecule has 146 valence electrons. The highest BCUT2D eigenvalue weighted by molar-refractivity contribution is 5.22. The van der Waals surface area contributed by atoms with Crippen LogP contribution >= 0.6 is 0 Å². The molecule has 0 saturated carbocycles. The average molecular weight is 377 g/mol. The molecule has 5 heteroatoms. The van der Waals surface area contributed by atoms with Gasteiger partial charge in [0.05, 0.1) is 6.04 Å². The molecule has 2 aromatic carbocycles. The number of aryl methyl sites for hydroxylation is 1. The van der Waals surface area contributed by atoms with Crippen LogP contribution in [-0.4, -0.2) is 46.1 Å². The van der Waals surface area contributed by atoms with Crippen LogP contribution in [-0.2, 0) is 13.0 Å². The van der Waals surface area contributed by atoms with Crippen molar-refractivity contribution < 1.29 is 4.52 Å². The zero-order chi connectivity index (χ0) is 19.3. The Morgan fingerprint density at radius 2 is 1.71 bits per heavy atom. The number of aromatic nitrogens is 2. The van der Waals surface area contributed by atoms with E-state index in [4.69, 9.17) is 4.52 Å². The van der Waals surface area contributed by atoms with Crippen molar-refractivity contribution in [2.24, 2.45) is 0 Å². The molecule has 0 spiro atoms. The van der Waals surface area contributed by atoms with Gasteiger partial charge < -0.3 is 4.52 Å². The van der Waals surface area contributed by atoms with E-state index in [2.05, 4.69) is 70.2 Å². The van der Waals surface area contributed by atoms with E-state index < -0.39 is 0 Å². The van der Waals surface area contributed by atoms with Crippen molar-refractivity contribution >= 4 is 0 Å². The molecule has 1 unspecified atom stereocenters. The lowest BCUT2D eigenvalue weighted by molar-refractivity contribution is 0.0845. The van der Waals surface area contributed by atoms with E-state index in [1.165, 1.54) is 16.7 Å². The largest absolute Gasteiger partial charge is 0.338 e. The monoisotopic (exact) mass is 376 g/mol. The van der Waals surface area contributed by atoms with Crippen LogP contribution in [0.1, 0.15) is 41.4 Å². The molecule has 2 heterocycles. The molecule has 1 saturated heterocycles. The van der Waals surface area contributed by atoms with Crippen LogP contribution in [0.15, 0.2) is 59.1 Å². The summed E-state index contributed by atoms with van der Waals surface area (Å²) >= 11 is 0. The summed E-state index contributed by atoms with van der Waals surface area (Å²) in [6.45, 7) is 9.49. The predicted octanol–water partition coefficient (Wildman–Crippen LogP) is 3.85. The normalized spacial score (nSPS) is 16.9. The smallest absolute Gasteiger partial charge is 0.243 e. The molecule has 5 nitrogen and oxygen atoms in total. The molecule has 4 rings (SSSR count). The Bertz CT molecular complexity index is 884. The fraction of sp³-hybridized carbons (Fsp3) is 0.391. The Labute approximate surface area is 167 Å². The van der Waals surface area contributed by atoms with Crippen LogP contribution < -0.4 is 0 Å². The molecule has 1 aromatic heterocycles. The fourth-order valence-electron chi connectivity index (χ4n) is 3.82. The van der Waals surface area contributed by atoms with Gasteiger partial charge in [0.25, 0.3) is 0 Å². The van der Waals surface area contributed by atoms with E-state index in [0.29, 0.717) is 6.42 Å². The van der Waals surface area contributed by atoms with Crippen LogP contribution in [0.4, 0.5) is 0 Å². The Kier molecular flexibility index (Phi) is 5.84. The van der Waals surface area contributed by atoms with E-state index in [-0.39, 0.29) is 6.04 Å². The van der Waals surface area contributed by atoms with E-state index >= 15 is 0 Å². The average Bonchev–Trinajstić information content (AvgIpc) is 3.17. The van der Waals surface area contributed by atoms with Crippen molar-refractivity contribution in [2.75, 3.05) is 26.2 Å². The van der Waals surface area contributed by atoms with Crippen LogP contribution in [0.2, 0.25) is 0 Å². The third-order valence-corrected chi connectivity index (χ3v) is 5.49. The molecule has 0 amide bonds. The number of nitrogens with zero attached hydrogens (tertiary/aromatic N) is 4. The third kappa shape index (κ3) is 4.66. The number of hydrogen-bond donors (Lipinski definition) is 0. The predicted molar refractivity (Wildman–Crippen MR) is 110 cm³/mol. The molecule has 0 bridgehead atoms. The van der Waals surface area contributed by atoms with Gasteiger partial charge in [-0.3, -0.25) is 9.80 Å². The van der Waals surface area contributed by atoms with E-state index in [9.17, 15) is 0 Å². The summed E-state index contributed by atoms with van der Waals surface area (Å²) in [7, 11) is 0. The highest BCUT2D eigenvalue weighted by Crippen LogP contribution is 2.21. The maximum Gasteiger partial charge on any atom is 0.243 e. The second-order valence-electron chi connectivity index (χ2n) is 7.69. The van der Waals surface area contributed by atoms with Gasteiger partial charge in [0.2, 0.25) is 5.89 Å². The molecule has 0 radical (unpaired) electrons. The van der Waals surface area contributed by atoms with Gasteiger partial charge in [-0.15, -0.1) is 0 Å². The molecule has 28 heavy (non-hydrogen) atoms. The minimum absolute atomic E-state index is 0.151. The summed E-state index contributed by atoms with van der Waals surface area (Å²) in [4.78, 5) is 9.60. The molecule has 1 atom stereocenters. The zero-order valence-electron chi connectivity index (χ0n) is 16.7. The van der Waals surface area contributed by atoms with E-state index in [0.717, 1.165) is 44.4 Å². The first-order valence-corrected chi connectivity index (χ1v) is 10.1. The Morgan fingerprint density at radius 3 is 2.46 bits per heavy atom. The number of benzene rings is 2. The lowest BCUT2D eigenvalue weighted by atomic mass is 10.1. The summed E-state index contributed by atoms with van der Waals surface area (Å²) in [5, 5.41) is 4.18. The highest BCUT2D eigenvalue weighted by atomic mass is 16.5. The number of piperazine rings is 1. The van der Waals surface area contributed by atoms with Crippen LogP contribution in [0, 0.1) is 6.92 Å². The van der Waals surface area contributed by atoms with Crippen molar-refractivity contribution in [3.8, 4) is 0 Å². The first-order valence-electron chi connectivity index (χ1n) is 10.1. The molecular weight excluding hydrogens is 348 g/mol. The zero-order valence-corrected chi connectivity index (χ0v) is 16.7. The second kappa shape index (κ2) is 8.67. The van der Waals surface area contributed by atoms with Crippen molar-refractivity contribution in [3.63, 3.8) is 0 Å². The maximum atomic E-state index is 5.57. The number of hydrogen-bond acceptors (Lipinski definition) is 5. The van der Waals surface area contributed by atoms with Gasteiger partial charge in [-0.1, -0.05) is 65.3 Å². The molecular formula is C23H28N4O. The van der Waals surface area contributed by atoms with Gasteiger partial charge in [0.1, 0.15) is 0 Å². The molecule has 1 fully saturated rings. The quantitative estimate of drug-likeness (QED) is 0.654. The molecule has 0 N–H and O–H groups in total. The van der Waals surface area contributed by atoms with Gasteiger partial charge in [-0.2, -0.15) is 4.98 Å². The van der Waals surface area contributed by atoms with Crippen molar-refractivity contribution in [3.05, 3.63) is 83.0 Å². The summed E-state index contributed by atoms with van der Waals surface area (Å²) < 4.78 is 5.57. The Hall–Kier alpha value is -2.50. The summed E-state index contributed by atoms with van der Waals surface area (Å²) in [6.07, 6.45) is 0.710. The van der Waals surface area contributed by atoms with Gasteiger partial charge >= 0.3 is 0 Å². The topological polar surface area (TPSA) is 45.4 Å². The van der Waals surface area contributed by atoms with Crippen LogP contribution in [0.25, 0.3) is 0 Å². The van der Waals surface area contributed by atoms with E-state index in [1.54, 1.807) is 0 Å². The van der Waals surface area contributed by atoms with Crippen LogP contribution in [0.5, 0.6) is 0 Å².